The molecule has 0 bridgehead atoms. The van der Waals surface area contributed by atoms with Crippen LogP contribution in [0.2, 0.25) is 0 Å². The molecule has 6 nitrogen and oxygen atoms in total. The van der Waals surface area contributed by atoms with Crippen molar-refractivity contribution < 1.29 is 0 Å². The maximum absolute atomic E-state index is 5.08. The van der Waals surface area contributed by atoms with Crippen molar-refractivity contribution >= 4 is 57.0 Å². The van der Waals surface area contributed by atoms with E-state index in [-0.39, 0.29) is 0 Å². The fourth-order valence-electron chi connectivity index (χ4n) is 8.83. The van der Waals surface area contributed by atoms with E-state index < -0.39 is 0 Å². The number of hydrazone groups is 2. The molecule has 1 aromatic heterocycles. The van der Waals surface area contributed by atoms with Gasteiger partial charge in [-0.2, -0.15) is 10.2 Å². The maximum atomic E-state index is 5.08. The number of nitrogens with zero attached hydrogens (tertiary/aromatic N) is 6. The standard InChI is InChI=1S/C55H62N6/c1-3-5-35-58-52-29-19-17-23-46(52)41-47-39-44(31-33-53(47)58)42-56-60(48-24-13-11-14-25-48)37-21-9-7-8-10-22-38-61(49-26-15-12-16-27-49)57-43-45-32-34-55-51(40-45)50-28-18-20-30-54(50)59(55)36-6-4-2/h11-20,23-34,39-40,42-43H,3-10,21-22,35-38,41H2,1-2H3. The minimum atomic E-state index is 0.890. The maximum Gasteiger partial charge on any atom is 0.0593 e. The van der Waals surface area contributed by atoms with Gasteiger partial charge >= 0.3 is 0 Å². The number of hydrogen-bond donors (Lipinski definition) is 0. The van der Waals surface area contributed by atoms with Gasteiger partial charge in [-0.1, -0.05) is 137 Å². The lowest BCUT2D eigenvalue weighted by molar-refractivity contribution is 0.586. The molecular weight excluding hydrogens is 745 g/mol. The van der Waals surface area contributed by atoms with Gasteiger partial charge in [0.2, 0.25) is 0 Å². The summed E-state index contributed by atoms with van der Waals surface area (Å²) >= 11 is 0. The predicted molar refractivity (Wildman–Crippen MR) is 262 cm³/mol. The fraction of sp³-hybridized carbons (Fsp3) is 0.309. The summed E-state index contributed by atoms with van der Waals surface area (Å²) in [6, 6.07) is 52.6. The highest BCUT2D eigenvalue weighted by Gasteiger charge is 2.22. The number of benzene rings is 6. The third-order valence-electron chi connectivity index (χ3n) is 12.1. The molecule has 61 heavy (non-hydrogen) atoms. The molecule has 0 atom stereocenters. The Bertz CT molecular complexity index is 2520. The van der Waals surface area contributed by atoms with E-state index in [1.165, 1.54) is 95.7 Å². The van der Waals surface area contributed by atoms with Crippen LogP contribution < -0.4 is 14.9 Å². The molecule has 0 unspecified atom stereocenters. The van der Waals surface area contributed by atoms with Crippen LogP contribution in [0.3, 0.4) is 0 Å². The molecule has 7 aromatic rings. The summed E-state index contributed by atoms with van der Waals surface area (Å²) in [6.45, 7) is 8.40. The van der Waals surface area contributed by atoms with Gasteiger partial charge in [-0.05, 0) is 109 Å². The van der Waals surface area contributed by atoms with Crippen molar-refractivity contribution in [1.29, 1.82) is 0 Å². The molecular formula is C55H62N6. The molecule has 1 aliphatic heterocycles. The molecule has 312 valence electrons. The van der Waals surface area contributed by atoms with E-state index in [0.717, 1.165) is 67.9 Å². The van der Waals surface area contributed by atoms with Gasteiger partial charge in [0.05, 0.1) is 23.8 Å². The van der Waals surface area contributed by atoms with Crippen molar-refractivity contribution in [1.82, 2.24) is 4.57 Å². The van der Waals surface area contributed by atoms with Crippen molar-refractivity contribution in [3.05, 3.63) is 168 Å². The second kappa shape index (κ2) is 20.9. The van der Waals surface area contributed by atoms with Gasteiger partial charge in [-0.15, -0.1) is 0 Å². The highest BCUT2D eigenvalue weighted by atomic mass is 15.5. The second-order valence-corrected chi connectivity index (χ2v) is 16.5. The number of unbranched alkanes of at least 4 members (excludes halogenated alkanes) is 7. The van der Waals surface area contributed by atoms with Gasteiger partial charge in [0.25, 0.3) is 0 Å². The highest BCUT2D eigenvalue weighted by Crippen LogP contribution is 2.39. The summed E-state index contributed by atoms with van der Waals surface area (Å²) in [5.74, 6) is 0. The molecule has 0 fully saturated rings. The van der Waals surface area contributed by atoms with Crippen molar-refractivity contribution in [2.45, 2.75) is 91.0 Å². The summed E-state index contributed by atoms with van der Waals surface area (Å²) in [7, 11) is 0. The third kappa shape index (κ3) is 10.3. The van der Waals surface area contributed by atoms with E-state index in [2.05, 4.69) is 185 Å². The van der Waals surface area contributed by atoms with Crippen molar-refractivity contribution in [2.24, 2.45) is 10.2 Å². The molecule has 0 aliphatic carbocycles. The van der Waals surface area contributed by atoms with E-state index in [0.29, 0.717) is 0 Å². The minimum absolute atomic E-state index is 0.890. The molecule has 8 rings (SSSR count). The molecule has 6 aromatic carbocycles. The molecule has 2 heterocycles. The van der Waals surface area contributed by atoms with Crippen LogP contribution in [0.1, 0.15) is 100 Å². The van der Waals surface area contributed by atoms with Crippen LogP contribution in [0, 0.1) is 0 Å². The summed E-state index contributed by atoms with van der Waals surface area (Å²) in [4.78, 5) is 2.51. The summed E-state index contributed by atoms with van der Waals surface area (Å²) in [6.07, 6.45) is 16.8. The molecule has 0 amide bonds. The van der Waals surface area contributed by atoms with Crippen molar-refractivity contribution in [3.63, 3.8) is 0 Å². The average molecular weight is 807 g/mol. The van der Waals surface area contributed by atoms with Gasteiger partial charge in [-0.25, -0.2) is 0 Å². The number of rotatable bonds is 21. The lowest BCUT2D eigenvalue weighted by Gasteiger charge is -2.33. The average Bonchev–Trinajstić information content (AvgIpc) is 3.62. The van der Waals surface area contributed by atoms with Crippen molar-refractivity contribution in [2.75, 3.05) is 34.6 Å². The minimum Gasteiger partial charge on any atom is -0.341 e. The topological polar surface area (TPSA) is 39.4 Å². The first kappa shape index (κ1) is 41.6. The van der Waals surface area contributed by atoms with E-state index >= 15 is 0 Å². The Balaban J connectivity index is 0.849. The highest BCUT2D eigenvalue weighted by molar-refractivity contribution is 6.09. The number of anilines is 4. The summed E-state index contributed by atoms with van der Waals surface area (Å²) in [5, 5.41) is 17.1. The Morgan fingerprint density at radius 3 is 1.70 bits per heavy atom. The Labute approximate surface area is 363 Å². The Hall–Kier alpha value is -6.14. The Morgan fingerprint density at radius 1 is 0.475 bits per heavy atom. The van der Waals surface area contributed by atoms with Crippen LogP contribution in [-0.2, 0) is 13.0 Å². The zero-order valence-corrected chi connectivity index (χ0v) is 36.3. The van der Waals surface area contributed by atoms with Crippen LogP contribution in [0.15, 0.2) is 156 Å². The van der Waals surface area contributed by atoms with E-state index in [9.17, 15) is 0 Å². The zero-order valence-electron chi connectivity index (χ0n) is 36.3. The molecule has 0 saturated heterocycles. The molecule has 1 aliphatic rings. The summed E-state index contributed by atoms with van der Waals surface area (Å²) < 4.78 is 2.48. The monoisotopic (exact) mass is 807 g/mol. The number of fused-ring (bicyclic) bond motifs is 5. The Morgan fingerprint density at radius 2 is 1.02 bits per heavy atom. The number of aromatic nitrogens is 1. The first-order valence-electron chi connectivity index (χ1n) is 22.9. The second-order valence-electron chi connectivity index (χ2n) is 16.5. The van der Waals surface area contributed by atoms with Crippen molar-refractivity contribution in [3.8, 4) is 0 Å². The third-order valence-corrected chi connectivity index (χ3v) is 12.1. The molecule has 0 radical (unpaired) electrons. The van der Waals surface area contributed by atoms with Gasteiger partial charge in [0.15, 0.2) is 0 Å². The van der Waals surface area contributed by atoms with Gasteiger partial charge < -0.3 is 9.47 Å². The molecule has 0 N–H and O–H groups in total. The molecule has 0 saturated carbocycles. The largest absolute Gasteiger partial charge is 0.341 e. The van der Waals surface area contributed by atoms with E-state index in [4.69, 9.17) is 10.2 Å². The predicted octanol–water partition coefficient (Wildman–Crippen LogP) is 14.2. The number of aryl methyl sites for hydroxylation is 1. The number of para-hydroxylation sites is 4. The lowest BCUT2D eigenvalue weighted by atomic mass is 9.94. The van der Waals surface area contributed by atoms with Crippen LogP contribution in [0.4, 0.5) is 22.7 Å². The SMILES string of the molecule is CCCCN1c2ccccc2Cc2cc(C=NN(CCCCCCCCN(N=Cc3ccc4c(c3)c3ccccc3n4CCCC)c3ccccc3)c3ccccc3)ccc21. The summed E-state index contributed by atoms with van der Waals surface area (Å²) in [5.41, 5.74) is 12.6. The Kier molecular flexibility index (Phi) is 14.2. The van der Waals surface area contributed by atoms with E-state index in [1.54, 1.807) is 0 Å². The molecule has 0 spiro atoms. The van der Waals surface area contributed by atoms with Gasteiger partial charge in [0.1, 0.15) is 0 Å². The first-order valence-corrected chi connectivity index (χ1v) is 22.9. The smallest absolute Gasteiger partial charge is 0.0593 e. The molecule has 6 heteroatoms. The quantitative estimate of drug-likeness (QED) is 0.0412. The van der Waals surface area contributed by atoms with Gasteiger partial charge in [-0.3, -0.25) is 10.0 Å². The zero-order chi connectivity index (χ0) is 41.6. The van der Waals surface area contributed by atoms with E-state index in [1.807, 2.05) is 6.21 Å². The normalized spacial score (nSPS) is 12.5. The van der Waals surface area contributed by atoms with Crippen LogP contribution in [-0.4, -0.2) is 36.6 Å². The fourth-order valence-corrected chi connectivity index (χ4v) is 8.83. The first-order chi connectivity index (χ1) is 30.2. The number of hydrogen-bond acceptors (Lipinski definition) is 5. The van der Waals surface area contributed by atoms with Crippen LogP contribution >= 0.6 is 0 Å². The van der Waals surface area contributed by atoms with Crippen LogP contribution in [0.5, 0.6) is 0 Å². The lowest BCUT2D eigenvalue weighted by Crippen LogP contribution is -2.24. The van der Waals surface area contributed by atoms with Gasteiger partial charge in [0, 0.05) is 65.8 Å². The van der Waals surface area contributed by atoms with Crippen LogP contribution in [0.25, 0.3) is 21.8 Å².